The minimum atomic E-state index is -0.308. The highest BCUT2D eigenvalue weighted by molar-refractivity contribution is 7.71. The summed E-state index contributed by atoms with van der Waals surface area (Å²) in [7, 11) is 0. The first-order valence-corrected chi connectivity index (χ1v) is 10.4. The molecule has 0 aliphatic carbocycles. The van der Waals surface area contributed by atoms with E-state index in [9.17, 15) is 9.59 Å². The molecule has 2 amide bonds. The topological polar surface area (TPSA) is 101 Å². The number of nitrogens with one attached hydrogen (secondary N) is 3. The van der Waals surface area contributed by atoms with Gasteiger partial charge in [0.2, 0.25) is 11.8 Å². The number of nitrogens with zero attached hydrogens (tertiary/aromatic N) is 2. The number of carbonyl (C=O) groups excluding carboxylic acids is 2. The van der Waals surface area contributed by atoms with E-state index in [4.69, 9.17) is 17.0 Å². The quantitative estimate of drug-likeness (QED) is 0.443. The highest BCUT2D eigenvalue weighted by Crippen LogP contribution is 2.18. The molecule has 0 unspecified atom stereocenters. The van der Waals surface area contributed by atoms with Gasteiger partial charge in [0, 0.05) is 24.2 Å². The fourth-order valence-corrected chi connectivity index (χ4v) is 3.16. The van der Waals surface area contributed by atoms with Gasteiger partial charge in [0.25, 0.3) is 0 Å². The molecular formula is C22H25N5O3S. The summed E-state index contributed by atoms with van der Waals surface area (Å²) in [5.74, 6) is 0.847. The van der Waals surface area contributed by atoms with Crippen LogP contribution in [-0.4, -0.2) is 39.7 Å². The Hall–Kier alpha value is -3.46. The lowest BCUT2D eigenvalue weighted by atomic mass is 10.1. The molecule has 0 saturated carbocycles. The van der Waals surface area contributed by atoms with Crippen LogP contribution in [0.2, 0.25) is 0 Å². The Morgan fingerprint density at radius 1 is 1.10 bits per heavy atom. The molecule has 31 heavy (non-hydrogen) atoms. The van der Waals surface area contributed by atoms with E-state index in [0.29, 0.717) is 29.4 Å². The minimum Gasteiger partial charge on any atom is -0.494 e. The van der Waals surface area contributed by atoms with Crippen molar-refractivity contribution in [1.29, 1.82) is 0 Å². The zero-order valence-electron chi connectivity index (χ0n) is 17.5. The zero-order chi connectivity index (χ0) is 22.2. The Kier molecular flexibility index (Phi) is 7.55. The number of H-pyrrole nitrogens is 1. The number of rotatable bonds is 9. The number of amides is 2. The van der Waals surface area contributed by atoms with Crippen LogP contribution in [0.3, 0.4) is 0 Å². The molecule has 3 N–H and O–H groups in total. The third kappa shape index (κ3) is 6.26. The highest BCUT2D eigenvalue weighted by atomic mass is 32.1. The van der Waals surface area contributed by atoms with Crippen molar-refractivity contribution in [2.75, 3.05) is 18.5 Å². The standard InChI is InChI=1S/C22H25N5O3S/c1-3-30-18-10-8-17(9-11-18)24-20(29)14-23-19(28)12-13-27-21(25-26-22(27)31)16-6-4-15(2)5-7-16/h4-11H,3,12-14H2,1-2H3,(H,23,28)(H,24,29)(H,26,31). The van der Waals surface area contributed by atoms with Crippen molar-refractivity contribution in [1.82, 2.24) is 20.1 Å². The number of carbonyl (C=O) groups is 2. The molecule has 0 fully saturated rings. The Bertz CT molecular complexity index is 1090. The lowest BCUT2D eigenvalue weighted by Gasteiger charge is -2.09. The summed E-state index contributed by atoms with van der Waals surface area (Å²) in [6.07, 6.45) is 0.170. The molecule has 0 saturated heterocycles. The molecule has 1 aromatic heterocycles. The summed E-state index contributed by atoms with van der Waals surface area (Å²) >= 11 is 5.30. The molecular weight excluding hydrogens is 414 g/mol. The van der Waals surface area contributed by atoms with Gasteiger partial charge in [-0.2, -0.15) is 5.10 Å². The van der Waals surface area contributed by atoms with E-state index in [1.807, 2.05) is 38.1 Å². The maximum atomic E-state index is 12.2. The van der Waals surface area contributed by atoms with Crippen LogP contribution >= 0.6 is 12.2 Å². The molecule has 2 aromatic carbocycles. The lowest BCUT2D eigenvalue weighted by molar-refractivity contribution is -0.124. The molecule has 3 aromatic rings. The number of aromatic amines is 1. The fourth-order valence-electron chi connectivity index (χ4n) is 2.94. The molecule has 0 aliphatic heterocycles. The highest BCUT2D eigenvalue weighted by Gasteiger charge is 2.11. The Morgan fingerprint density at radius 3 is 2.48 bits per heavy atom. The van der Waals surface area contributed by atoms with Crippen LogP contribution in [0.4, 0.5) is 5.69 Å². The normalized spacial score (nSPS) is 10.5. The molecule has 8 nitrogen and oxygen atoms in total. The molecule has 3 rings (SSSR count). The SMILES string of the molecule is CCOc1ccc(NC(=O)CNC(=O)CCn2c(-c3ccc(C)cc3)n[nH]c2=S)cc1. The van der Waals surface area contributed by atoms with Gasteiger partial charge in [-0.25, -0.2) is 0 Å². The number of aromatic nitrogens is 3. The Balaban J connectivity index is 1.49. The monoisotopic (exact) mass is 439 g/mol. The van der Waals surface area contributed by atoms with Crippen LogP contribution in [0.5, 0.6) is 5.75 Å². The molecule has 1 heterocycles. The average molecular weight is 440 g/mol. The molecule has 162 valence electrons. The molecule has 0 aliphatic rings. The third-order valence-electron chi connectivity index (χ3n) is 4.53. The predicted molar refractivity (Wildman–Crippen MR) is 121 cm³/mol. The van der Waals surface area contributed by atoms with Gasteiger partial charge in [-0.05, 0) is 50.3 Å². The van der Waals surface area contributed by atoms with Gasteiger partial charge in [0.1, 0.15) is 5.75 Å². The van der Waals surface area contributed by atoms with Crippen LogP contribution in [0.25, 0.3) is 11.4 Å². The summed E-state index contributed by atoms with van der Waals surface area (Å²) in [5, 5.41) is 12.4. The summed E-state index contributed by atoms with van der Waals surface area (Å²) in [4.78, 5) is 24.3. The summed E-state index contributed by atoms with van der Waals surface area (Å²) in [6.45, 7) is 4.73. The van der Waals surface area contributed by atoms with E-state index in [2.05, 4.69) is 20.8 Å². The van der Waals surface area contributed by atoms with Crippen molar-refractivity contribution < 1.29 is 14.3 Å². The van der Waals surface area contributed by atoms with Gasteiger partial charge in [0.05, 0.1) is 13.2 Å². The number of benzene rings is 2. The van der Waals surface area contributed by atoms with Gasteiger partial charge >= 0.3 is 0 Å². The van der Waals surface area contributed by atoms with E-state index in [1.54, 1.807) is 28.8 Å². The number of ether oxygens (including phenoxy) is 1. The van der Waals surface area contributed by atoms with Crippen LogP contribution in [0.15, 0.2) is 48.5 Å². The average Bonchev–Trinajstić information content (AvgIpc) is 3.13. The van der Waals surface area contributed by atoms with E-state index in [1.165, 1.54) is 0 Å². The van der Waals surface area contributed by atoms with Crippen molar-refractivity contribution in [3.05, 3.63) is 58.9 Å². The molecule has 9 heteroatoms. The van der Waals surface area contributed by atoms with Crippen molar-refractivity contribution in [2.45, 2.75) is 26.8 Å². The molecule has 0 atom stereocenters. The number of hydrogen-bond donors (Lipinski definition) is 3. The van der Waals surface area contributed by atoms with E-state index in [-0.39, 0.29) is 24.8 Å². The number of aryl methyl sites for hydroxylation is 1. The summed E-state index contributed by atoms with van der Waals surface area (Å²) in [5.41, 5.74) is 2.69. The number of hydrogen-bond acceptors (Lipinski definition) is 5. The molecule has 0 bridgehead atoms. The van der Waals surface area contributed by atoms with Crippen molar-refractivity contribution in [3.63, 3.8) is 0 Å². The first-order valence-electron chi connectivity index (χ1n) is 9.98. The smallest absolute Gasteiger partial charge is 0.243 e. The zero-order valence-corrected chi connectivity index (χ0v) is 18.3. The maximum Gasteiger partial charge on any atom is 0.243 e. The second-order valence-corrected chi connectivity index (χ2v) is 7.29. The van der Waals surface area contributed by atoms with E-state index in [0.717, 1.165) is 16.9 Å². The van der Waals surface area contributed by atoms with Crippen LogP contribution in [0.1, 0.15) is 18.9 Å². The first kappa shape index (κ1) is 22.2. The van der Waals surface area contributed by atoms with Crippen molar-refractivity contribution in [2.24, 2.45) is 0 Å². The Morgan fingerprint density at radius 2 is 1.81 bits per heavy atom. The van der Waals surface area contributed by atoms with Gasteiger partial charge in [-0.3, -0.25) is 19.3 Å². The second-order valence-electron chi connectivity index (χ2n) is 6.90. The third-order valence-corrected chi connectivity index (χ3v) is 4.84. The first-order chi connectivity index (χ1) is 15.0. The van der Waals surface area contributed by atoms with Crippen molar-refractivity contribution >= 4 is 29.7 Å². The largest absolute Gasteiger partial charge is 0.494 e. The van der Waals surface area contributed by atoms with Crippen LogP contribution in [0, 0.1) is 11.7 Å². The van der Waals surface area contributed by atoms with Crippen LogP contribution in [-0.2, 0) is 16.1 Å². The number of anilines is 1. The van der Waals surface area contributed by atoms with Crippen molar-refractivity contribution in [3.8, 4) is 17.1 Å². The molecule has 0 radical (unpaired) electrons. The summed E-state index contributed by atoms with van der Waals surface area (Å²) < 4.78 is 7.59. The van der Waals surface area contributed by atoms with Gasteiger partial charge in [0.15, 0.2) is 10.6 Å². The second kappa shape index (κ2) is 10.5. The maximum absolute atomic E-state index is 12.2. The van der Waals surface area contributed by atoms with Gasteiger partial charge < -0.3 is 15.4 Å². The predicted octanol–water partition coefficient (Wildman–Crippen LogP) is 3.46. The van der Waals surface area contributed by atoms with Crippen LogP contribution < -0.4 is 15.4 Å². The molecule has 0 spiro atoms. The Labute approximate surface area is 185 Å². The minimum absolute atomic E-state index is 0.117. The fraction of sp³-hybridized carbons (Fsp3) is 0.273. The summed E-state index contributed by atoms with van der Waals surface area (Å²) in [6, 6.07) is 15.0. The van der Waals surface area contributed by atoms with Gasteiger partial charge in [-0.15, -0.1) is 0 Å². The van der Waals surface area contributed by atoms with E-state index >= 15 is 0 Å². The van der Waals surface area contributed by atoms with Gasteiger partial charge in [-0.1, -0.05) is 29.8 Å². The lowest BCUT2D eigenvalue weighted by Crippen LogP contribution is -2.33. The van der Waals surface area contributed by atoms with E-state index < -0.39 is 0 Å².